The third-order valence-electron chi connectivity index (χ3n) is 2.83. The van der Waals surface area contributed by atoms with Crippen molar-refractivity contribution < 1.29 is 4.92 Å². The molecule has 102 valence electrons. The number of benzene rings is 2. The zero-order valence-electron chi connectivity index (χ0n) is 10.8. The highest BCUT2D eigenvalue weighted by Crippen LogP contribution is 2.31. The van der Waals surface area contributed by atoms with Gasteiger partial charge in [-0.3, -0.25) is 10.1 Å². The molecule has 0 aromatic heterocycles. The van der Waals surface area contributed by atoms with E-state index in [0.29, 0.717) is 0 Å². The summed E-state index contributed by atoms with van der Waals surface area (Å²) >= 11 is 1.41. The van der Waals surface area contributed by atoms with Gasteiger partial charge in [0.2, 0.25) is 0 Å². The fourth-order valence-electron chi connectivity index (χ4n) is 1.75. The van der Waals surface area contributed by atoms with Crippen molar-refractivity contribution in [2.75, 3.05) is 0 Å². The molecule has 0 aliphatic carbocycles. The summed E-state index contributed by atoms with van der Waals surface area (Å²) in [6.45, 7) is 0. The SMILES string of the molecule is N#CC(C#N)(c1cccc(Sc2ccccc2)c1)[N+](=O)[O-]. The van der Waals surface area contributed by atoms with E-state index in [4.69, 9.17) is 10.5 Å². The lowest BCUT2D eigenvalue weighted by Crippen LogP contribution is -2.31. The van der Waals surface area contributed by atoms with Crippen LogP contribution in [-0.4, -0.2) is 4.92 Å². The number of hydrogen-bond donors (Lipinski definition) is 0. The molecule has 0 heterocycles. The van der Waals surface area contributed by atoms with Crippen LogP contribution in [-0.2, 0) is 5.54 Å². The summed E-state index contributed by atoms with van der Waals surface area (Å²) in [5, 5.41) is 29.2. The van der Waals surface area contributed by atoms with E-state index in [-0.39, 0.29) is 5.56 Å². The monoisotopic (exact) mass is 295 g/mol. The topological polar surface area (TPSA) is 90.7 Å². The Balaban J connectivity index is 2.41. The molecule has 0 radical (unpaired) electrons. The lowest BCUT2D eigenvalue weighted by molar-refractivity contribution is -0.543. The molecule has 0 saturated carbocycles. The van der Waals surface area contributed by atoms with E-state index in [1.807, 2.05) is 30.3 Å². The molecule has 2 rings (SSSR count). The molecule has 0 amide bonds. The van der Waals surface area contributed by atoms with Gasteiger partial charge in [-0.2, -0.15) is 10.5 Å². The molecule has 2 aromatic rings. The fraction of sp³-hybridized carbons (Fsp3) is 0.0667. The van der Waals surface area contributed by atoms with Crippen LogP contribution >= 0.6 is 11.8 Å². The Morgan fingerprint density at radius 3 is 2.19 bits per heavy atom. The Morgan fingerprint density at radius 1 is 1.00 bits per heavy atom. The largest absolute Gasteiger partial charge is 0.414 e. The molecule has 21 heavy (non-hydrogen) atoms. The van der Waals surface area contributed by atoms with Crippen molar-refractivity contribution in [3.63, 3.8) is 0 Å². The summed E-state index contributed by atoms with van der Waals surface area (Å²) in [7, 11) is 0. The molecule has 0 atom stereocenters. The normalized spacial score (nSPS) is 10.4. The maximum Gasteiger partial charge on any atom is 0.414 e. The van der Waals surface area contributed by atoms with E-state index < -0.39 is 10.5 Å². The summed E-state index contributed by atoms with van der Waals surface area (Å²) in [6.07, 6.45) is 0. The van der Waals surface area contributed by atoms with Crippen molar-refractivity contribution in [3.05, 3.63) is 70.3 Å². The molecular weight excluding hydrogens is 286 g/mol. The van der Waals surface area contributed by atoms with Crippen molar-refractivity contribution in [1.29, 1.82) is 10.5 Å². The molecule has 0 fully saturated rings. The minimum Gasteiger partial charge on any atom is -0.261 e. The first-order valence-corrected chi connectivity index (χ1v) is 6.74. The minimum atomic E-state index is -2.37. The lowest BCUT2D eigenvalue weighted by Gasteiger charge is -2.11. The van der Waals surface area contributed by atoms with Crippen LogP contribution in [0.15, 0.2) is 64.4 Å². The number of rotatable bonds is 4. The van der Waals surface area contributed by atoms with Gasteiger partial charge in [0.25, 0.3) is 0 Å². The summed E-state index contributed by atoms with van der Waals surface area (Å²) in [4.78, 5) is 11.9. The van der Waals surface area contributed by atoms with E-state index in [9.17, 15) is 10.1 Å². The molecule has 0 bridgehead atoms. The van der Waals surface area contributed by atoms with Crippen LogP contribution in [0.3, 0.4) is 0 Å². The second-order valence-corrected chi connectivity index (χ2v) is 5.28. The van der Waals surface area contributed by atoms with Crippen LogP contribution in [0.25, 0.3) is 0 Å². The first-order chi connectivity index (χ1) is 10.1. The standard InChI is InChI=1S/C15H9N3O2S/c16-10-15(11-17,18(19)20)12-5-4-8-14(9-12)21-13-6-2-1-3-7-13/h1-9H. The molecule has 0 unspecified atom stereocenters. The number of nitriles is 2. The summed E-state index contributed by atoms with van der Waals surface area (Å²) in [5.41, 5.74) is -2.30. The highest BCUT2D eigenvalue weighted by molar-refractivity contribution is 7.99. The van der Waals surface area contributed by atoms with E-state index >= 15 is 0 Å². The van der Waals surface area contributed by atoms with Crippen molar-refractivity contribution in [2.24, 2.45) is 0 Å². The molecule has 2 aromatic carbocycles. The van der Waals surface area contributed by atoms with Crippen LogP contribution in [0.2, 0.25) is 0 Å². The van der Waals surface area contributed by atoms with Crippen molar-refractivity contribution in [3.8, 4) is 12.1 Å². The van der Waals surface area contributed by atoms with Crippen molar-refractivity contribution in [1.82, 2.24) is 0 Å². The molecule has 5 nitrogen and oxygen atoms in total. The van der Waals surface area contributed by atoms with Crippen LogP contribution < -0.4 is 0 Å². The van der Waals surface area contributed by atoms with Crippen LogP contribution in [0, 0.1) is 32.8 Å². The van der Waals surface area contributed by atoms with Gasteiger partial charge in [-0.05, 0) is 30.3 Å². The molecule has 0 aliphatic rings. The fourth-order valence-corrected chi connectivity index (χ4v) is 2.65. The van der Waals surface area contributed by atoms with Crippen molar-refractivity contribution in [2.45, 2.75) is 15.3 Å². The van der Waals surface area contributed by atoms with Crippen molar-refractivity contribution >= 4 is 11.8 Å². The third kappa shape index (κ3) is 2.86. The molecule has 0 saturated heterocycles. The maximum absolute atomic E-state index is 11.1. The quantitative estimate of drug-likeness (QED) is 0.637. The lowest BCUT2D eigenvalue weighted by atomic mass is 9.94. The smallest absolute Gasteiger partial charge is 0.261 e. The number of hydrogen-bond acceptors (Lipinski definition) is 5. The highest BCUT2D eigenvalue weighted by atomic mass is 32.2. The average Bonchev–Trinajstić information content (AvgIpc) is 2.50. The molecule has 6 heteroatoms. The van der Waals surface area contributed by atoms with Gasteiger partial charge in [0.05, 0.1) is 10.5 Å². The molecular formula is C15H9N3O2S. The second kappa shape index (κ2) is 6.08. The molecule has 0 spiro atoms. The van der Waals surface area contributed by atoms with Crippen LogP contribution in [0.1, 0.15) is 5.56 Å². The average molecular weight is 295 g/mol. The molecule has 0 N–H and O–H groups in total. The minimum absolute atomic E-state index is 0.0680. The summed E-state index contributed by atoms with van der Waals surface area (Å²) in [5.74, 6) is 0. The first kappa shape index (κ1) is 14.6. The first-order valence-electron chi connectivity index (χ1n) is 5.93. The Morgan fingerprint density at radius 2 is 1.62 bits per heavy atom. The summed E-state index contributed by atoms with van der Waals surface area (Å²) in [6, 6.07) is 18.8. The second-order valence-electron chi connectivity index (χ2n) is 4.13. The van der Waals surface area contributed by atoms with Gasteiger partial charge in [0.1, 0.15) is 0 Å². The van der Waals surface area contributed by atoms with E-state index in [0.717, 1.165) is 9.79 Å². The van der Waals surface area contributed by atoms with E-state index in [1.165, 1.54) is 36.0 Å². The van der Waals surface area contributed by atoms with Crippen LogP contribution in [0.5, 0.6) is 0 Å². The van der Waals surface area contributed by atoms with Gasteiger partial charge in [0.15, 0.2) is 12.1 Å². The third-order valence-corrected chi connectivity index (χ3v) is 3.83. The van der Waals surface area contributed by atoms with E-state index in [1.54, 1.807) is 12.1 Å². The van der Waals surface area contributed by atoms with Gasteiger partial charge in [-0.1, -0.05) is 36.0 Å². The zero-order valence-corrected chi connectivity index (χ0v) is 11.6. The Bertz CT molecular complexity index is 734. The number of nitro groups is 1. The highest BCUT2D eigenvalue weighted by Gasteiger charge is 2.46. The van der Waals surface area contributed by atoms with Gasteiger partial charge < -0.3 is 0 Å². The summed E-state index contributed by atoms with van der Waals surface area (Å²) < 4.78 is 0. The van der Waals surface area contributed by atoms with Crippen LogP contribution in [0.4, 0.5) is 0 Å². The maximum atomic E-state index is 11.1. The van der Waals surface area contributed by atoms with Gasteiger partial charge >= 0.3 is 5.54 Å². The van der Waals surface area contributed by atoms with E-state index in [2.05, 4.69) is 0 Å². The Labute approximate surface area is 125 Å². The number of nitrogens with zero attached hydrogens (tertiary/aromatic N) is 3. The Kier molecular flexibility index (Phi) is 4.22. The van der Waals surface area contributed by atoms with Gasteiger partial charge in [-0.25, -0.2) is 0 Å². The zero-order chi connectivity index (χ0) is 15.3. The van der Waals surface area contributed by atoms with Gasteiger partial charge in [-0.15, -0.1) is 0 Å². The molecule has 0 aliphatic heterocycles. The predicted molar refractivity (Wildman–Crippen MR) is 76.9 cm³/mol. The predicted octanol–water partition coefficient (Wildman–Crippen LogP) is 3.36. The Hall–Kier alpha value is -2.83. The van der Waals surface area contributed by atoms with Gasteiger partial charge in [0, 0.05) is 9.79 Å².